The van der Waals surface area contributed by atoms with Gasteiger partial charge in [-0.3, -0.25) is 4.79 Å². The second kappa shape index (κ2) is 5.77. The molecule has 0 aliphatic rings. The number of rotatable bonds is 3. The van der Waals surface area contributed by atoms with Crippen molar-refractivity contribution in [3.05, 3.63) is 0 Å². The van der Waals surface area contributed by atoms with E-state index in [-0.39, 0.29) is 21.1 Å². The first-order chi connectivity index (χ1) is 8.20. The molecular weight excluding hydrogens is 276 g/mol. The third-order valence-corrected chi connectivity index (χ3v) is 10.8. The first-order valence-corrected chi connectivity index (χ1v) is 9.43. The van der Waals surface area contributed by atoms with E-state index >= 15 is 0 Å². The van der Waals surface area contributed by atoms with Gasteiger partial charge in [0.1, 0.15) is 0 Å². The van der Waals surface area contributed by atoms with Gasteiger partial charge in [-0.05, 0) is 15.1 Å². The zero-order valence-corrected chi connectivity index (χ0v) is 15.9. The van der Waals surface area contributed by atoms with Gasteiger partial charge in [0.25, 0.3) is 14.3 Å². The molecular formula is C15H31ClO2Si. The maximum absolute atomic E-state index is 12.1. The monoisotopic (exact) mass is 306 g/mol. The summed E-state index contributed by atoms with van der Waals surface area (Å²) in [5.41, 5.74) is 0. The highest BCUT2D eigenvalue weighted by atomic mass is 35.5. The van der Waals surface area contributed by atoms with Gasteiger partial charge in [-0.1, -0.05) is 62.3 Å². The Balaban J connectivity index is 5.90. The van der Waals surface area contributed by atoms with Crippen molar-refractivity contribution < 1.29 is 9.22 Å². The van der Waals surface area contributed by atoms with E-state index in [0.717, 1.165) is 0 Å². The first kappa shape index (κ1) is 19.0. The molecule has 0 fully saturated rings. The topological polar surface area (TPSA) is 26.3 Å². The van der Waals surface area contributed by atoms with Crippen molar-refractivity contribution in [1.82, 2.24) is 0 Å². The standard InChI is InChI=1S/C15H31ClO2Si/c1-13(2,3)19(14(4,5)6,15(7,8)9)18-12(17)10-11-16/h10-11H2,1-9H3. The summed E-state index contributed by atoms with van der Waals surface area (Å²) in [5, 5.41) is -0.109. The molecule has 0 aliphatic carbocycles. The maximum Gasteiger partial charge on any atom is 0.293 e. The number of carbonyl (C=O) groups excluding carboxylic acids is 1. The first-order valence-electron chi connectivity index (χ1n) is 6.98. The molecule has 0 heterocycles. The molecule has 114 valence electrons. The van der Waals surface area contributed by atoms with E-state index < -0.39 is 8.32 Å². The lowest BCUT2D eigenvalue weighted by Gasteiger charge is -2.56. The number of carbonyl (C=O) groups is 1. The second-order valence-corrected chi connectivity index (χ2v) is 14.8. The highest BCUT2D eigenvalue weighted by Gasteiger charge is 2.64. The normalized spacial score (nSPS) is 14.4. The third kappa shape index (κ3) is 3.75. The molecule has 0 bridgehead atoms. The Bertz CT molecular complexity index is 282. The van der Waals surface area contributed by atoms with Gasteiger partial charge in [0.2, 0.25) is 0 Å². The van der Waals surface area contributed by atoms with Crippen LogP contribution in [0.15, 0.2) is 0 Å². The largest absolute Gasteiger partial charge is 0.517 e. The zero-order chi connectivity index (χ0) is 15.7. The van der Waals surface area contributed by atoms with Crippen LogP contribution in [0.2, 0.25) is 15.1 Å². The average Bonchev–Trinajstić information content (AvgIpc) is 2.08. The highest BCUT2D eigenvalue weighted by molar-refractivity contribution is 6.83. The van der Waals surface area contributed by atoms with Crippen molar-refractivity contribution in [3.63, 3.8) is 0 Å². The molecule has 19 heavy (non-hydrogen) atoms. The Kier molecular flexibility index (Phi) is 5.76. The minimum absolute atomic E-state index is 0.0362. The lowest BCUT2D eigenvalue weighted by atomic mass is 10.2. The van der Waals surface area contributed by atoms with Crippen LogP contribution in [0, 0.1) is 0 Å². The summed E-state index contributed by atoms with van der Waals surface area (Å²) in [6, 6.07) is 0. The molecule has 0 radical (unpaired) electrons. The van der Waals surface area contributed by atoms with Gasteiger partial charge in [-0.2, -0.15) is 0 Å². The Hall–Kier alpha value is -0.0231. The summed E-state index contributed by atoms with van der Waals surface area (Å²) in [7, 11) is -2.41. The summed E-state index contributed by atoms with van der Waals surface area (Å²) < 4.78 is 6.19. The maximum atomic E-state index is 12.1. The molecule has 0 rings (SSSR count). The molecule has 0 saturated carbocycles. The lowest BCUT2D eigenvalue weighted by molar-refractivity contribution is -0.135. The molecule has 4 heteroatoms. The highest BCUT2D eigenvalue weighted by Crippen LogP contribution is 2.62. The molecule has 0 amide bonds. The van der Waals surface area contributed by atoms with Crippen LogP contribution in [0.5, 0.6) is 0 Å². The van der Waals surface area contributed by atoms with E-state index in [1.165, 1.54) is 0 Å². The zero-order valence-electron chi connectivity index (χ0n) is 14.1. The second-order valence-electron chi connectivity index (χ2n) is 8.34. The van der Waals surface area contributed by atoms with E-state index in [4.69, 9.17) is 16.0 Å². The van der Waals surface area contributed by atoms with Gasteiger partial charge >= 0.3 is 0 Å². The van der Waals surface area contributed by atoms with Crippen LogP contribution in [0.4, 0.5) is 0 Å². The minimum Gasteiger partial charge on any atom is -0.517 e. The van der Waals surface area contributed by atoms with E-state index in [9.17, 15) is 4.79 Å². The Morgan fingerprint density at radius 1 is 0.895 bits per heavy atom. The van der Waals surface area contributed by atoms with Crippen LogP contribution in [0.25, 0.3) is 0 Å². The van der Waals surface area contributed by atoms with Gasteiger partial charge in [-0.15, -0.1) is 11.6 Å². The van der Waals surface area contributed by atoms with Crippen LogP contribution >= 0.6 is 11.6 Å². The van der Waals surface area contributed by atoms with E-state index in [2.05, 4.69) is 62.3 Å². The molecule has 0 atom stereocenters. The summed E-state index contributed by atoms with van der Waals surface area (Å²) in [6.45, 7) is 19.8. The number of hydrogen-bond donors (Lipinski definition) is 0. The smallest absolute Gasteiger partial charge is 0.293 e. The number of halogens is 1. The molecule has 0 saturated heterocycles. The van der Waals surface area contributed by atoms with Gasteiger partial charge < -0.3 is 4.43 Å². The summed E-state index contributed by atoms with van der Waals surface area (Å²) >= 11 is 5.68. The molecule has 0 unspecified atom stereocenters. The van der Waals surface area contributed by atoms with Crippen LogP contribution in [-0.4, -0.2) is 20.2 Å². The van der Waals surface area contributed by atoms with Gasteiger partial charge in [-0.25, -0.2) is 0 Å². The van der Waals surface area contributed by atoms with Gasteiger partial charge in [0.15, 0.2) is 0 Å². The summed E-state index contributed by atoms with van der Waals surface area (Å²) in [5.74, 6) is 0.170. The molecule has 0 N–H and O–H groups in total. The molecule has 0 aliphatic heterocycles. The lowest BCUT2D eigenvalue weighted by Crippen LogP contribution is -2.61. The van der Waals surface area contributed by atoms with Crippen molar-refractivity contribution in [3.8, 4) is 0 Å². The Morgan fingerprint density at radius 3 is 1.42 bits per heavy atom. The van der Waals surface area contributed by atoms with E-state index in [1.807, 2.05) is 0 Å². The molecule has 2 nitrogen and oxygen atoms in total. The predicted molar refractivity (Wildman–Crippen MR) is 86.3 cm³/mol. The minimum atomic E-state index is -2.41. The fraction of sp³-hybridized carbons (Fsp3) is 0.933. The van der Waals surface area contributed by atoms with Crippen molar-refractivity contribution in [1.29, 1.82) is 0 Å². The predicted octanol–water partition coefficient (Wildman–Crippen LogP) is 5.50. The van der Waals surface area contributed by atoms with E-state index in [1.54, 1.807) is 0 Å². The summed E-state index contributed by atoms with van der Waals surface area (Å²) in [4.78, 5) is 12.1. The third-order valence-electron chi connectivity index (χ3n) is 3.73. The average molecular weight is 307 g/mol. The van der Waals surface area contributed by atoms with Crippen LogP contribution in [0.1, 0.15) is 68.7 Å². The molecule has 0 aromatic rings. The number of alkyl halides is 1. The Labute approximate surface area is 125 Å². The summed E-state index contributed by atoms with van der Waals surface area (Å²) in [6.07, 6.45) is 0.290. The van der Waals surface area contributed by atoms with Gasteiger partial charge in [0, 0.05) is 5.88 Å². The fourth-order valence-corrected chi connectivity index (χ4v) is 12.4. The fourth-order valence-electron chi connectivity index (χ4n) is 4.13. The number of hydrogen-bond acceptors (Lipinski definition) is 2. The quantitative estimate of drug-likeness (QED) is 0.508. The molecule has 0 spiro atoms. The van der Waals surface area contributed by atoms with Crippen LogP contribution in [-0.2, 0) is 9.22 Å². The van der Waals surface area contributed by atoms with Crippen molar-refractivity contribution >= 4 is 25.9 Å². The van der Waals surface area contributed by atoms with Crippen molar-refractivity contribution in [2.75, 3.05) is 5.88 Å². The Morgan fingerprint density at radius 2 is 1.21 bits per heavy atom. The molecule has 0 aromatic heterocycles. The van der Waals surface area contributed by atoms with E-state index in [0.29, 0.717) is 12.3 Å². The van der Waals surface area contributed by atoms with Gasteiger partial charge in [0.05, 0.1) is 6.42 Å². The molecule has 0 aromatic carbocycles. The SMILES string of the molecule is CC(C)(C)[Si](OC(=O)CCCl)(C(C)(C)C)C(C)(C)C. The van der Waals surface area contributed by atoms with Crippen molar-refractivity contribution in [2.45, 2.75) is 83.8 Å². The van der Waals surface area contributed by atoms with Crippen molar-refractivity contribution in [2.24, 2.45) is 0 Å². The van der Waals surface area contributed by atoms with Crippen LogP contribution < -0.4 is 0 Å². The van der Waals surface area contributed by atoms with Crippen LogP contribution in [0.3, 0.4) is 0 Å².